The lowest BCUT2D eigenvalue weighted by Gasteiger charge is -2.48. The molecule has 1 aromatic carbocycles. The van der Waals surface area contributed by atoms with Crippen LogP contribution in [0.4, 0.5) is 11.4 Å². The Labute approximate surface area is 92.1 Å². The van der Waals surface area contributed by atoms with Gasteiger partial charge in [0.05, 0.1) is 0 Å². The van der Waals surface area contributed by atoms with Gasteiger partial charge < -0.3 is 10.6 Å². The van der Waals surface area contributed by atoms with Crippen LogP contribution in [0.25, 0.3) is 0 Å². The van der Waals surface area contributed by atoms with Crippen LogP contribution in [0.1, 0.15) is 25.0 Å². The highest BCUT2D eigenvalue weighted by atomic mass is 15.2. The second-order valence-corrected chi connectivity index (χ2v) is 5.52. The molecule has 0 unspecified atom stereocenters. The SMILES string of the molecule is Cc1cc(C)c(N2CC(C)(C)C2)cc1N. The topological polar surface area (TPSA) is 29.3 Å². The Morgan fingerprint density at radius 3 is 2.27 bits per heavy atom. The second-order valence-electron chi connectivity index (χ2n) is 5.52. The van der Waals surface area contributed by atoms with Crippen molar-refractivity contribution in [3.05, 3.63) is 23.3 Å². The third kappa shape index (κ3) is 1.81. The van der Waals surface area contributed by atoms with E-state index >= 15 is 0 Å². The smallest absolute Gasteiger partial charge is 0.0417 e. The van der Waals surface area contributed by atoms with Crippen LogP contribution in [-0.2, 0) is 0 Å². The van der Waals surface area contributed by atoms with Gasteiger partial charge in [-0.15, -0.1) is 0 Å². The lowest BCUT2D eigenvalue weighted by molar-refractivity contribution is 0.276. The minimum atomic E-state index is 0.464. The van der Waals surface area contributed by atoms with E-state index < -0.39 is 0 Å². The molecule has 15 heavy (non-hydrogen) atoms. The standard InChI is InChI=1S/C13H20N2/c1-9-5-10(2)12(6-11(9)14)15-7-13(3,4)8-15/h5-6H,7-8,14H2,1-4H3. The average Bonchev–Trinajstić information content (AvgIpc) is 2.07. The molecule has 1 fully saturated rings. The second kappa shape index (κ2) is 3.16. The van der Waals surface area contributed by atoms with Gasteiger partial charge in [-0.1, -0.05) is 19.9 Å². The van der Waals surface area contributed by atoms with Gasteiger partial charge in [0.2, 0.25) is 0 Å². The molecule has 0 aromatic heterocycles. The lowest BCUT2D eigenvalue weighted by atomic mass is 9.83. The van der Waals surface area contributed by atoms with E-state index in [0.29, 0.717) is 5.41 Å². The zero-order valence-electron chi connectivity index (χ0n) is 10.1. The van der Waals surface area contributed by atoms with Crippen molar-refractivity contribution < 1.29 is 0 Å². The molecule has 0 aliphatic carbocycles. The van der Waals surface area contributed by atoms with Crippen LogP contribution >= 0.6 is 0 Å². The summed E-state index contributed by atoms with van der Waals surface area (Å²) in [7, 11) is 0. The fraction of sp³-hybridized carbons (Fsp3) is 0.538. The van der Waals surface area contributed by atoms with Crippen molar-refractivity contribution in [2.24, 2.45) is 5.41 Å². The Hall–Kier alpha value is -1.18. The van der Waals surface area contributed by atoms with Gasteiger partial charge in [-0.3, -0.25) is 0 Å². The van der Waals surface area contributed by atoms with E-state index in [1.807, 2.05) is 0 Å². The van der Waals surface area contributed by atoms with Crippen molar-refractivity contribution in [2.45, 2.75) is 27.7 Å². The summed E-state index contributed by atoms with van der Waals surface area (Å²) in [5.74, 6) is 0. The van der Waals surface area contributed by atoms with Gasteiger partial charge in [-0.05, 0) is 36.5 Å². The van der Waals surface area contributed by atoms with E-state index in [4.69, 9.17) is 5.73 Å². The molecule has 82 valence electrons. The number of rotatable bonds is 1. The Balaban J connectivity index is 2.27. The molecule has 0 saturated carbocycles. The molecule has 1 aliphatic rings. The number of aryl methyl sites for hydroxylation is 2. The number of benzene rings is 1. The van der Waals surface area contributed by atoms with Gasteiger partial charge in [0.1, 0.15) is 0 Å². The molecule has 0 amide bonds. The quantitative estimate of drug-likeness (QED) is 0.713. The summed E-state index contributed by atoms with van der Waals surface area (Å²) in [5, 5.41) is 0. The van der Waals surface area contributed by atoms with Crippen LogP contribution in [0.2, 0.25) is 0 Å². The highest BCUT2D eigenvalue weighted by Gasteiger charge is 2.34. The minimum Gasteiger partial charge on any atom is -0.398 e. The summed E-state index contributed by atoms with van der Waals surface area (Å²) in [5.41, 5.74) is 11.1. The van der Waals surface area contributed by atoms with Gasteiger partial charge in [0.15, 0.2) is 0 Å². The van der Waals surface area contributed by atoms with E-state index in [2.05, 4.69) is 44.7 Å². The maximum Gasteiger partial charge on any atom is 0.0417 e. The van der Waals surface area contributed by atoms with Crippen LogP contribution in [-0.4, -0.2) is 13.1 Å². The summed E-state index contributed by atoms with van der Waals surface area (Å²) in [4.78, 5) is 2.41. The van der Waals surface area contributed by atoms with Gasteiger partial charge in [-0.25, -0.2) is 0 Å². The van der Waals surface area contributed by atoms with Crippen molar-refractivity contribution >= 4 is 11.4 Å². The molecule has 1 saturated heterocycles. The zero-order valence-corrected chi connectivity index (χ0v) is 10.1. The number of hydrogen-bond donors (Lipinski definition) is 1. The summed E-state index contributed by atoms with van der Waals surface area (Å²) in [6.45, 7) is 11.1. The minimum absolute atomic E-state index is 0.464. The molecule has 2 heteroatoms. The number of anilines is 2. The molecule has 2 nitrogen and oxygen atoms in total. The number of nitrogens with two attached hydrogens (primary N) is 1. The molecule has 0 spiro atoms. The van der Waals surface area contributed by atoms with Crippen LogP contribution in [0.5, 0.6) is 0 Å². The molecule has 2 N–H and O–H groups in total. The van der Waals surface area contributed by atoms with Crippen molar-refractivity contribution in [1.29, 1.82) is 0 Å². The Bertz CT molecular complexity index is 386. The molecule has 1 aromatic rings. The number of nitrogens with zero attached hydrogens (tertiary/aromatic N) is 1. The first-order chi connectivity index (χ1) is 6.89. The summed E-state index contributed by atoms with van der Waals surface area (Å²) >= 11 is 0. The molecular formula is C13H20N2. The Kier molecular flexibility index (Phi) is 2.18. The monoisotopic (exact) mass is 204 g/mol. The summed E-state index contributed by atoms with van der Waals surface area (Å²) < 4.78 is 0. The number of nitrogen functional groups attached to an aromatic ring is 1. The lowest BCUT2D eigenvalue weighted by Crippen LogP contribution is -2.53. The molecule has 2 rings (SSSR count). The zero-order chi connectivity index (χ0) is 11.2. The van der Waals surface area contributed by atoms with E-state index in [0.717, 1.165) is 18.8 Å². The van der Waals surface area contributed by atoms with Crippen molar-refractivity contribution in [1.82, 2.24) is 0 Å². The molecule has 0 radical (unpaired) electrons. The molecule has 0 atom stereocenters. The first-order valence-corrected chi connectivity index (χ1v) is 5.51. The maximum atomic E-state index is 5.95. The van der Waals surface area contributed by atoms with Crippen LogP contribution < -0.4 is 10.6 Å². The van der Waals surface area contributed by atoms with E-state index in [9.17, 15) is 0 Å². The fourth-order valence-electron chi connectivity index (χ4n) is 2.36. The van der Waals surface area contributed by atoms with Crippen molar-refractivity contribution in [3.8, 4) is 0 Å². The fourth-order valence-corrected chi connectivity index (χ4v) is 2.36. The van der Waals surface area contributed by atoms with Crippen molar-refractivity contribution in [2.75, 3.05) is 23.7 Å². The summed E-state index contributed by atoms with van der Waals surface area (Å²) in [6.07, 6.45) is 0. The first-order valence-electron chi connectivity index (χ1n) is 5.51. The Morgan fingerprint density at radius 2 is 1.73 bits per heavy atom. The molecule has 0 bridgehead atoms. The predicted molar refractivity (Wildman–Crippen MR) is 66.3 cm³/mol. The van der Waals surface area contributed by atoms with Gasteiger partial charge in [0, 0.05) is 24.5 Å². The van der Waals surface area contributed by atoms with Crippen LogP contribution in [0.15, 0.2) is 12.1 Å². The molecular weight excluding hydrogens is 184 g/mol. The van der Waals surface area contributed by atoms with Crippen LogP contribution in [0, 0.1) is 19.3 Å². The van der Waals surface area contributed by atoms with Gasteiger partial charge in [0.25, 0.3) is 0 Å². The average molecular weight is 204 g/mol. The third-order valence-electron chi connectivity index (χ3n) is 3.16. The first kappa shape index (κ1) is 10.3. The van der Waals surface area contributed by atoms with Crippen molar-refractivity contribution in [3.63, 3.8) is 0 Å². The number of hydrogen-bond acceptors (Lipinski definition) is 2. The van der Waals surface area contributed by atoms with Gasteiger partial charge in [-0.2, -0.15) is 0 Å². The van der Waals surface area contributed by atoms with E-state index in [1.54, 1.807) is 0 Å². The molecule has 1 aliphatic heterocycles. The molecule has 1 heterocycles. The van der Waals surface area contributed by atoms with Crippen LogP contribution in [0.3, 0.4) is 0 Å². The normalized spacial score (nSPS) is 18.8. The third-order valence-corrected chi connectivity index (χ3v) is 3.16. The highest BCUT2D eigenvalue weighted by Crippen LogP contribution is 2.36. The summed E-state index contributed by atoms with van der Waals surface area (Å²) in [6, 6.07) is 4.29. The van der Waals surface area contributed by atoms with Gasteiger partial charge >= 0.3 is 0 Å². The predicted octanol–water partition coefficient (Wildman–Crippen LogP) is 2.73. The highest BCUT2D eigenvalue weighted by molar-refractivity contribution is 5.65. The Morgan fingerprint density at radius 1 is 1.13 bits per heavy atom. The van der Waals surface area contributed by atoms with E-state index in [1.165, 1.54) is 16.8 Å². The largest absolute Gasteiger partial charge is 0.398 e. The maximum absolute atomic E-state index is 5.95. The van der Waals surface area contributed by atoms with E-state index in [-0.39, 0.29) is 0 Å².